The molecule has 0 spiro atoms. The van der Waals surface area contributed by atoms with Gasteiger partial charge in [0.1, 0.15) is 10.6 Å². The molecule has 1 aromatic heterocycles. The number of carbonyl (C=O) groups excluding carboxylic acids is 1. The fourth-order valence-electron chi connectivity index (χ4n) is 2.87. The third kappa shape index (κ3) is 2.50. The van der Waals surface area contributed by atoms with Gasteiger partial charge < -0.3 is 9.64 Å². The summed E-state index contributed by atoms with van der Waals surface area (Å²) in [5, 5.41) is 1.37. The molecular formula is C17H19NO3S. The first-order valence-electron chi connectivity index (χ1n) is 7.62. The van der Waals surface area contributed by atoms with Gasteiger partial charge in [0.15, 0.2) is 0 Å². The zero-order valence-electron chi connectivity index (χ0n) is 12.8. The average Bonchev–Trinajstić information content (AvgIpc) is 3.02. The Morgan fingerprint density at radius 1 is 1.32 bits per heavy atom. The van der Waals surface area contributed by atoms with Crippen LogP contribution in [0.5, 0.6) is 0 Å². The number of rotatable bonds is 3. The van der Waals surface area contributed by atoms with Gasteiger partial charge in [0.2, 0.25) is 5.43 Å². The summed E-state index contributed by atoms with van der Waals surface area (Å²) < 4.78 is 6.09. The van der Waals surface area contributed by atoms with Crippen molar-refractivity contribution in [2.24, 2.45) is 0 Å². The molecule has 0 atom stereocenters. The predicted octanol–water partition coefficient (Wildman–Crippen LogP) is 3.35. The molecule has 2 aromatic rings. The number of benzene rings is 1. The second-order valence-corrected chi connectivity index (χ2v) is 6.48. The molecular weight excluding hydrogens is 298 g/mol. The smallest absolute Gasteiger partial charge is 0.345 e. The van der Waals surface area contributed by atoms with Crippen molar-refractivity contribution in [3.05, 3.63) is 39.5 Å². The minimum absolute atomic E-state index is 0.201. The molecule has 0 saturated carbocycles. The van der Waals surface area contributed by atoms with Crippen LogP contribution in [-0.4, -0.2) is 25.7 Å². The van der Waals surface area contributed by atoms with E-state index < -0.39 is 5.97 Å². The molecule has 3 rings (SSSR count). The Bertz CT molecular complexity index is 775. The standard InChI is InChI=1S/C17H19NO3S/c1-3-21-17(20)13-14(19)12-8-6-7-11(2)15(12)22-16(13)18-9-4-5-10-18/h6-8H,3-5,9-10H2,1-2H3. The molecule has 0 N–H and O–H groups in total. The van der Waals surface area contributed by atoms with Crippen LogP contribution in [0.2, 0.25) is 0 Å². The normalized spacial score (nSPS) is 14.5. The van der Waals surface area contributed by atoms with Crippen molar-refractivity contribution in [3.63, 3.8) is 0 Å². The molecule has 0 aliphatic carbocycles. The van der Waals surface area contributed by atoms with E-state index in [1.807, 2.05) is 19.1 Å². The van der Waals surface area contributed by atoms with Gasteiger partial charge in [-0.25, -0.2) is 4.79 Å². The van der Waals surface area contributed by atoms with Gasteiger partial charge in [-0.05, 0) is 38.3 Å². The number of anilines is 1. The van der Waals surface area contributed by atoms with Crippen molar-refractivity contribution < 1.29 is 9.53 Å². The van der Waals surface area contributed by atoms with Crippen LogP contribution >= 0.6 is 11.3 Å². The van der Waals surface area contributed by atoms with Crippen LogP contribution in [0.25, 0.3) is 10.1 Å². The summed E-state index contributed by atoms with van der Waals surface area (Å²) in [6.07, 6.45) is 2.18. The Balaban J connectivity index is 2.29. The maximum Gasteiger partial charge on any atom is 0.345 e. The first-order valence-corrected chi connectivity index (χ1v) is 8.43. The highest BCUT2D eigenvalue weighted by atomic mass is 32.1. The lowest BCUT2D eigenvalue weighted by Gasteiger charge is -2.20. The topological polar surface area (TPSA) is 46.6 Å². The number of ether oxygens (including phenoxy) is 1. The number of nitrogens with zero attached hydrogens (tertiary/aromatic N) is 1. The molecule has 116 valence electrons. The highest BCUT2D eigenvalue weighted by Crippen LogP contribution is 2.34. The molecule has 1 aliphatic heterocycles. The monoisotopic (exact) mass is 317 g/mol. The molecule has 22 heavy (non-hydrogen) atoms. The van der Waals surface area contributed by atoms with Gasteiger partial charge in [-0.3, -0.25) is 4.79 Å². The largest absolute Gasteiger partial charge is 0.462 e. The minimum Gasteiger partial charge on any atom is -0.462 e. The van der Waals surface area contributed by atoms with Crippen LogP contribution in [0.4, 0.5) is 5.00 Å². The van der Waals surface area contributed by atoms with Crippen molar-refractivity contribution in [1.82, 2.24) is 0 Å². The lowest BCUT2D eigenvalue weighted by molar-refractivity contribution is 0.0526. The van der Waals surface area contributed by atoms with E-state index >= 15 is 0 Å². The van der Waals surface area contributed by atoms with Gasteiger partial charge in [0.05, 0.1) is 6.61 Å². The molecule has 1 fully saturated rings. The van der Waals surface area contributed by atoms with Crippen LogP contribution in [0.1, 0.15) is 35.7 Å². The zero-order chi connectivity index (χ0) is 15.7. The van der Waals surface area contributed by atoms with Crippen LogP contribution in [0.15, 0.2) is 23.0 Å². The van der Waals surface area contributed by atoms with Crippen molar-refractivity contribution in [1.29, 1.82) is 0 Å². The molecule has 2 heterocycles. The van der Waals surface area contributed by atoms with E-state index in [0.29, 0.717) is 5.39 Å². The van der Waals surface area contributed by atoms with Gasteiger partial charge in [-0.1, -0.05) is 12.1 Å². The van der Waals surface area contributed by atoms with Crippen molar-refractivity contribution in [3.8, 4) is 0 Å². The van der Waals surface area contributed by atoms with E-state index in [-0.39, 0.29) is 17.6 Å². The third-order valence-electron chi connectivity index (χ3n) is 3.97. The summed E-state index contributed by atoms with van der Waals surface area (Å²) in [5.74, 6) is -0.506. The maximum absolute atomic E-state index is 12.9. The Labute approximate surface area is 133 Å². The number of aryl methyl sites for hydroxylation is 1. The minimum atomic E-state index is -0.506. The molecule has 5 heteroatoms. The fourth-order valence-corrected chi connectivity index (χ4v) is 4.16. The van der Waals surface area contributed by atoms with Crippen molar-refractivity contribution in [2.75, 3.05) is 24.6 Å². The molecule has 1 aromatic carbocycles. The SMILES string of the molecule is CCOC(=O)c1c(N2CCCC2)sc2c(C)cccc2c1=O. The zero-order valence-corrected chi connectivity index (χ0v) is 13.7. The van der Waals surface area contributed by atoms with Gasteiger partial charge in [-0.15, -0.1) is 11.3 Å². The molecule has 4 nitrogen and oxygen atoms in total. The van der Waals surface area contributed by atoms with E-state index in [1.165, 1.54) is 11.3 Å². The lowest BCUT2D eigenvalue weighted by Crippen LogP contribution is -2.26. The number of esters is 1. The highest BCUT2D eigenvalue weighted by molar-refractivity contribution is 7.22. The summed E-state index contributed by atoms with van der Waals surface area (Å²) in [4.78, 5) is 27.3. The van der Waals surface area contributed by atoms with Crippen molar-refractivity contribution in [2.45, 2.75) is 26.7 Å². The second-order valence-electron chi connectivity index (χ2n) is 5.48. The summed E-state index contributed by atoms with van der Waals surface area (Å²) in [7, 11) is 0. The molecule has 0 amide bonds. The van der Waals surface area contributed by atoms with Crippen LogP contribution in [-0.2, 0) is 4.74 Å². The van der Waals surface area contributed by atoms with Gasteiger partial charge in [-0.2, -0.15) is 0 Å². The average molecular weight is 317 g/mol. The van der Waals surface area contributed by atoms with Gasteiger partial charge >= 0.3 is 5.97 Å². The molecule has 0 bridgehead atoms. The lowest BCUT2D eigenvalue weighted by atomic mass is 10.1. The molecule has 0 radical (unpaired) electrons. The molecule has 1 aliphatic rings. The molecule has 1 saturated heterocycles. The molecule has 0 unspecified atom stereocenters. The first-order chi connectivity index (χ1) is 10.6. The predicted molar refractivity (Wildman–Crippen MR) is 90.2 cm³/mol. The number of hydrogen-bond donors (Lipinski definition) is 0. The fraction of sp³-hybridized carbons (Fsp3) is 0.412. The van der Waals surface area contributed by atoms with E-state index in [2.05, 4.69) is 4.90 Å². The third-order valence-corrected chi connectivity index (χ3v) is 5.37. The number of fused-ring (bicyclic) bond motifs is 1. The Hall–Kier alpha value is -1.88. The van der Waals surface area contributed by atoms with Crippen LogP contribution in [0, 0.1) is 6.92 Å². The maximum atomic E-state index is 12.9. The van der Waals surface area contributed by atoms with E-state index in [0.717, 1.165) is 41.2 Å². The first kappa shape index (κ1) is 15.0. The van der Waals surface area contributed by atoms with Gasteiger partial charge in [0.25, 0.3) is 0 Å². The highest BCUT2D eigenvalue weighted by Gasteiger charge is 2.26. The van der Waals surface area contributed by atoms with E-state index in [4.69, 9.17) is 4.74 Å². The van der Waals surface area contributed by atoms with Gasteiger partial charge in [0, 0.05) is 23.2 Å². The van der Waals surface area contributed by atoms with E-state index in [9.17, 15) is 9.59 Å². The summed E-state index contributed by atoms with van der Waals surface area (Å²) in [5.41, 5.74) is 1.06. The van der Waals surface area contributed by atoms with Crippen LogP contribution < -0.4 is 10.3 Å². The van der Waals surface area contributed by atoms with Crippen LogP contribution in [0.3, 0.4) is 0 Å². The Morgan fingerprint density at radius 2 is 2.05 bits per heavy atom. The number of carbonyl (C=O) groups is 1. The summed E-state index contributed by atoms with van der Waals surface area (Å²) in [6, 6.07) is 5.64. The van der Waals surface area contributed by atoms with Crippen molar-refractivity contribution >= 4 is 32.4 Å². The van der Waals surface area contributed by atoms with E-state index in [1.54, 1.807) is 13.0 Å². The summed E-state index contributed by atoms with van der Waals surface area (Å²) in [6.45, 7) is 5.80. The Morgan fingerprint density at radius 3 is 2.73 bits per heavy atom. The second kappa shape index (κ2) is 6.08. The number of hydrogen-bond acceptors (Lipinski definition) is 5. The summed E-state index contributed by atoms with van der Waals surface area (Å²) >= 11 is 1.53. The Kier molecular flexibility index (Phi) is 4.16. The quantitative estimate of drug-likeness (QED) is 0.815.